The lowest BCUT2D eigenvalue weighted by Crippen LogP contribution is -2.39. The molecule has 0 unspecified atom stereocenters. The van der Waals surface area contributed by atoms with Gasteiger partial charge < -0.3 is 4.74 Å². The Balaban J connectivity index is 1.63. The topological polar surface area (TPSA) is 9.23 Å². The van der Waals surface area contributed by atoms with Gasteiger partial charge in [0.1, 0.15) is 0 Å². The van der Waals surface area contributed by atoms with Crippen LogP contribution in [0.15, 0.2) is 35.9 Å². The average Bonchev–Trinajstić information content (AvgIpc) is 3.21. The quantitative estimate of drug-likeness (QED) is 0.428. The lowest BCUT2D eigenvalue weighted by atomic mass is 9.83. The first-order chi connectivity index (χ1) is 13.3. The van der Waals surface area contributed by atoms with E-state index in [1.54, 1.807) is 11.1 Å². The fraction of sp³-hybridized carbons (Fsp3) is 0.692. The number of benzene rings is 1. The minimum absolute atomic E-state index is 0.0312. The van der Waals surface area contributed by atoms with Crippen LogP contribution in [0.5, 0.6) is 0 Å². The summed E-state index contributed by atoms with van der Waals surface area (Å²) in [4.78, 5) is 0. The smallest absolute Gasteiger partial charge is 0.0971 e. The second-order valence-corrected chi connectivity index (χ2v) is 9.22. The molecule has 27 heavy (non-hydrogen) atoms. The number of ether oxygens (including phenoxy) is 1. The summed E-state index contributed by atoms with van der Waals surface area (Å²) in [7, 11) is 0. The maximum atomic E-state index is 7.13. The van der Waals surface area contributed by atoms with Gasteiger partial charge in [-0.25, -0.2) is 0 Å². The maximum absolute atomic E-state index is 7.13. The zero-order valence-electron chi connectivity index (χ0n) is 17.3. The molecule has 1 heteroatoms. The Hall–Kier alpha value is -1.08. The van der Waals surface area contributed by atoms with Crippen LogP contribution in [0.25, 0.3) is 5.57 Å². The van der Waals surface area contributed by atoms with Gasteiger partial charge in [-0.05, 0) is 68.4 Å². The van der Waals surface area contributed by atoms with Crippen molar-refractivity contribution in [1.29, 1.82) is 0 Å². The van der Waals surface area contributed by atoms with Gasteiger partial charge in [-0.2, -0.15) is 0 Å². The van der Waals surface area contributed by atoms with Crippen molar-refractivity contribution in [1.82, 2.24) is 0 Å². The predicted octanol–water partition coefficient (Wildman–Crippen LogP) is 7.70. The molecular weight excluding hydrogens is 328 g/mol. The van der Waals surface area contributed by atoms with E-state index < -0.39 is 0 Å². The number of allylic oxidation sites excluding steroid dienone is 1. The molecule has 148 valence electrons. The van der Waals surface area contributed by atoms with E-state index in [4.69, 9.17) is 4.74 Å². The molecule has 0 amide bonds. The lowest BCUT2D eigenvalue weighted by Gasteiger charge is -2.39. The summed E-state index contributed by atoms with van der Waals surface area (Å²) in [6, 6.07) is 11.3. The molecule has 2 fully saturated rings. The molecule has 0 aliphatic heterocycles. The molecule has 2 saturated carbocycles. The molecule has 0 N–H and O–H groups in total. The highest BCUT2D eigenvalue weighted by molar-refractivity contribution is 5.78. The van der Waals surface area contributed by atoms with Gasteiger partial charge in [-0.15, -0.1) is 0 Å². The third kappa shape index (κ3) is 4.04. The summed E-state index contributed by atoms with van der Waals surface area (Å²) < 4.78 is 7.13. The van der Waals surface area contributed by atoms with Gasteiger partial charge in [0.05, 0.1) is 11.7 Å². The van der Waals surface area contributed by atoms with E-state index >= 15 is 0 Å². The van der Waals surface area contributed by atoms with Gasteiger partial charge in [0, 0.05) is 0 Å². The number of rotatable bonds is 8. The van der Waals surface area contributed by atoms with Crippen molar-refractivity contribution in [3.8, 4) is 0 Å². The summed E-state index contributed by atoms with van der Waals surface area (Å²) in [5.41, 5.74) is 4.83. The summed E-state index contributed by atoms with van der Waals surface area (Å²) in [5, 5.41) is 0. The molecular formula is C26H38O. The van der Waals surface area contributed by atoms with Crippen molar-refractivity contribution in [3.63, 3.8) is 0 Å². The third-order valence-electron chi connectivity index (χ3n) is 7.35. The SMILES string of the molecule is CCCCCCC1=C(c2ccccc2)[C@]2(OC3CCCCC3)CCC[C@@H]2C1. The maximum Gasteiger partial charge on any atom is 0.0971 e. The van der Waals surface area contributed by atoms with E-state index in [0.29, 0.717) is 6.10 Å². The Bertz CT molecular complexity index is 625. The first-order valence-corrected chi connectivity index (χ1v) is 11.8. The Morgan fingerprint density at radius 2 is 1.74 bits per heavy atom. The molecule has 1 aromatic rings. The van der Waals surface area contributed by atoms with Crippen molar-refractivity contribution >= 4 is 5.57 Å². The minimum Gasteiger partial charge on any atom is -0.367 e. The van der Waals surface area contributed by atoms with Gasteiger partial charge in [-0.1, -0.05) is 81.4 Å². The van der Waals surface area contributed by atoms with Crippen LogP contribution in [0.4, 0.5) is 0 Å². The number of unbranched alkanes of at least 4 members (excludes halogenated alkanes) is 3. The largest absolute Gasteiger partial charge is 0.367 e. The van der Waals surface area contributed by atoms with E-state index in [9.17, 15) is 0 Å². The van der Waals surface area contributed by atoms with Crippen LogP contribution in [0, 0.1) is 5.92 Å². The molecule has 2 atom stereocenters. The molecule has 0 bridgehead atoms. The van der Waals surface area contributed by atoms with Crippen LogP contribution in [0.1, 0.15) is 102 Å². The average molecular weight is 367 g/mol. The highest BCUT2D eigenvalue weighted by atomic mass is 16.5. The molecule has 0 radical (unpaired) electrons. The molecule has 0 aromatic heterocycles. The zero-order valence-corrected chi connectivity index (χ0v) is 17.3. The standard InChI is InChI=1S/C26H38O/c1-2-3-4-7-15-22-20-23-16-12-19-26(23,27-24-17-10-6-11-18-24)25(22)21-13-8-5-9-14-21/h5,8-9,13-14,23-24H,2-4,6-7,10-12,15-20H2,1H3/t23-,26+/m1/s1. The minimum atomic E-state index is 0.0312. The third-order valence-corrected chi connectivity index (χ3v) is 7.35. The van der Waals surface area contributed by atoms with Crippen LogP contribution >= 0.6 is 0 Å². The van der Waals surface area contributed by atoms with Crippen molar-refractivity contribution in [3.05, 3.63) is 41.5 Å². The highest BCUT2D eigenvalue weighted by Crippen LogP contribution is 2.58. The molecule has 0 heterocycles. The van der Waals surface area contributed by atoms with Gasteiger partial charge in [-0.3, -0.25) is 0 Å². The van der Waals surface area contributed by atoms with Crippen LogP contribution in [0.2, 0.25) is 0 Å². The van der Waals surface area contributed by atoms with E-state index in [2.05, 4.69) is 37.3 Å². The second-order valence-electron chi connectivity index (χ2n) is 9.22. The van der Waals surface area contributed by atoms with E-state index in [0.717, 1.165) is 5.92 Å². The first kappa shape index (κ1) is 19.2. The molecule has 1 nitrogen and oxygen atoms in total. The number of hydrogen-bond donors (Lipinski definition) is 0. The predicted molar refractivity (Wildman–Crippen MR) is 115 cm³/mol. The van der Waals surface area contributed by atoms with E-state index in [-0.39, 0.29) is 5.60 Å². The fourth-order valence-corrected chi connectivity index (χ4v) is 6.08. The van der Waals surface area contributed by atoms with Gasteiger partial charge in [0.25, 0.3) is 0 Å². The van der Waals surface area contributed by atoms with Gasteiger partial charge >= 0.3 is 0 Å². The molecule has 3 aliphatic rings. The van der Waals surface area contributed by atoms with Crippen molar-refractivity contribution in [2.75, 3.05) is 0 Å². The van der Waals surface area contributed by atoms with Crippen molar-refractivity contribution in [2.45, 2.75) is 109 Å². The molecule has 1 aromatic carbocycles. The molecule has 3 aliphatic carbocycles. The van der Waals surface area contributed by atoms with Crippen LogP contribution in [-0.4, -0.2) is 11.7 Å². The first-order valence-electron chi connectivity index (χ1n) is 11.8. The van der Waals surface area contributed by atoms with Crippen molar-refractivity contribution < 1.29 is 4.74 Å². The second kappa shape index (κ2) is 8.95. The van der Waals surface area contributed by atoms with Crippen molar-refractivity contribution in [2.24, 2.45) is 5.92 Å². The van der Waals surface area contributed by atoms with Crippen LogP contribution in [-0.2, 0) is 4.74 Å². The number of hydrogen-bond acceptors (Lipinski definition) is 1. The Morgan fingerprint density at radius 3 is 2.52 bits per heavy atom. The zero-order chi connectivity index (χ0) is 18.5. The lowest BCUT2D eigenvalue weighted by molar-refractivity contribution is -0.0848. The fourth-order valence-electron chi connectivity index (χ4n) is 6.08. The van der Waals surface area contributed by atoms with E-state index in [1.165, 1.54) is 95.5 Å². The molecule has 0 saturated heterocycles. The molecule has 4 rings (SSSR count). The number of fused-ring (bicyclic) bond motifs is 1. The highest BCUT2D eigenvalue weighted by Gasteiger charge is 2.53. The normalized spacial score (nSPS) is 28.7. The van der Waals surface area contributed by atoms with Gasteiger partial charge in [0.15, 0.2) is 0 Å². The molecule has 0 spiro atoms. The summed E-state index contributed by atoms with van der Waals surface area (Å²) >= 11 is 0. The summed E-state index contributed by atoms with van der Waals surface area (Å²) in [5.74, 6) is 0.732. The van der Waals surface area contributed by atoms with E-state index in [1.807, 2.05) is 0 Å². The monoisotopic (exact) mass is 366 g/mol. The van der Waals surface area contributed by atoms with Gasteiger partial charge in [0.2, 0.25) is 0 Å². The Morgan fingerprint density at radius 1 is 0.926 bits per heavy atom. The Kier molecular flexibility index (Phi) is 6.38. The summed E-state index contributed by atoms with van der Waals surface area (Å²) in [6.07, 6.45) is 19.1. The summed E-state index contributed by atoms with van der Waals surface area (Å²) in [6.45, 7) is 2.31. The van der Waals surface area contributed by atoms with Crippen LogP contribution < -0.4 is 0 Å². The Labute approximate surface area is 166 Å². The van der Waals surface area contributed by atoms with Crippen LogP contribution in [0.3, 0.4) is 0 Å².